The fraction of sp³-hybridized carbons (Fsp3) is 0.875. The van der Waals surface area contributed by atoms with Crippen LogP contribution in [-0.2, 0) is 61.2 Å². The zero-order valence-electron chi connectivity index (χ0n) is 32.7. The van der Waals surface area contributed by atoms with Crippen LogP contribution in [0.25, 0.3) is 0 Å². The van der Waals surface area contributed by atoms with E-state index in [1.54, 1.807) is 26.2 Å². The highest BCUT2D eigenvalue weighted by Crippen LogP contribution is 2.35. The van der Waals surface area contributed by atoms with Crippen molar-refractivity contribution in [2.75, 3.05) is 13.2 Å². The van der Waals surface area contributed by atoms with E-state index in [0.29, 0.717) is 0 Å². The lowest BCUT2D eigenvalue weighted by Crippen LogP contribution is -2.70. The van der Waals surface area contributed by atoms with Crippen LogP contribution in [0.15, 0.2) is 0 Å². The fourth-order valence-electron chi connectivity index (χ4n) is 6.80. The van der Waals surface area contributed by atoms with Crippen LogP contribution in [0, 0.1) is 0 Å². The Labute approximate surface area is 340 Å². The number of hydrogen-bond acceptors (Lipinski definition) is 23. The third-order valence-electron chi connectivity index (χ3n) is 9.53. The highest BCUT2D eigenvalue weighted by atomic mass is 28.3. The second-order valence-corrected chi connectivity index (χ2v) is 18.7. The molecule has 4 aliphatic rings. The Hall–Kier alpha value is -2.37. The van der Waals surface area contributed by atoms with Crippen molar-refractivity contribution in [1.82, 2.24) is 10.6 Å². The molecule has 0 aromatic heterocycles. The molecular weight excluding hydrogens is 837 g/mol. The van der Waals surface area contributed by atoms with Gasteiger partial charge in [0.15, 0.2) is 37.4 Å². The van der Waals surface area contributed by atoms with Crippen LogP contribution in [0.4, 0.5) is 0 Å². The van der Waals surface area contributed by atoms with E-state index in [9.17, 15) is 70.2 Å². The molecule has 20 atom stereocenters. The largest absolute Gasteiger partial charge is 0.516 e. The zero-order chi connectivity index (χ0) is 44.2. The Morgan fingerprint density at radius 3 is 1.42 bits per heavy atom. The number of hydrogen-bond donors (Lipinski definition) is 12. The van der Waals surface area contributed by atoms with Crippen molar-refractivity contribution in [2.45, 2.75) is 163 Å². The van der Waals surface area contributed by atoms with Crippen LogP contribution in [0.2, 0.25) is 26.2 Å². The number of carbonyl (C=O) groups is 4. The smallest absolute Gasteiger partial charge is 0.324 e. The van der Waals surface area contributed by atoms with Crippen LogP contribution in [-0.4, -0.2) is 229 Å². The number of carbonyl (C=O) groups excluding carboxylic acids is 4. The molecule has 0 unspecified atom stereocenters. The Kier molecular flexibility index (Phi) is 17.7. The molecule has 2 amide bonds. The lowest BCUT2D eigenvalue weighted by Gasteiger charge is -2.50. The lowest BCUT2D eigenvalue weighted by atomic mass is 9.94. The molecule has 4 saturated heterocycles. The monoisotopic (exact) mass is 890 g/mol. The minimum Gasteiger partial charge on any atom is -0.516 e. The van der Waals surface area contributed by atoms with Gasteiger partial charge in [-0.3, -0.25) is 19.2 Å². The summed E-state index contributed by atoms with van der Waals surface area (Å²) in [6.45, 7) is 6.60. The van der Waals surface area contributed by atoms with Gasteiger partial charge in [0.25, 0.3) is 18.1 Å². The molecule has 0 spiro atoms. The first-order valence-corrected chi connectivity index (χ1v) is 23.3. The number of ether oxygens (including phenoxy) is 7. The van der Waals surface area contributed by atoms with E-state index in [2.05, 4.69) is 10.6 Å². The number of amides is 2. The van der Waals surface area contributed by atoms with Crippen molar-refractivity contribution in [2.24, 2.45) is 0 Å². The molecule has 59 heavy (non-hydrogen) atoms. The molecule has 0 saturated carbocycles. The normalized spacial score (nSPS) is 42.9. The SMILES string of the molecule is CC(=O)N[C@@H]1[C@@H](O[C@@H]2O[C@H](C(=O)O[Si](C)C)[C@@H](O[C@@H]3O[C@H](CO)[C@@H](O)[C@H](O[C@@H]4O[C@H](C(=O)O[Si](C)C)[C@@H](O)[C@H](O)[C@H]4O)[C@H]3NC(C)=O)[C@H](O)[C@H]2O)[C@H](O)[C@@H](CO)O[C@H]1O. The van der Waals surface area contributed by atoms with Crippen LogP contribution in [0.3, 0.4) is 0 Å². The average molecular weight is 891 g/mol. The number of nitrogens with one attached hydrogen (secondary N) is 2. The maximum atomic E-state index is 13.6. The van der Waals surface area contributed by atoms with Gasteiger partial charge in [-0.2, -0.15) is 0 Å². The molecule has 0 aromatic carbocycles. The molecule has 0 aliphatic carbocycles. The number of aliphatic hydroxyl groups excluding tert-OH is 10. The van der Waals surface area contributed by atoms with Crippen molar-refractivity contribution < 1.29 is 112 Å². The van der Waals surface area contributed by atoms with Crippen molar-refractivity contribution in [3.8, 4) is 0 Å². The van der Waals surface area contributed by atoms with Gasteiger partial charge < -0.3 is 104 Å². The lowest BCUT2D eigenvalue weighted by molar-refractivity contribution is -0.368. The third-order valence-corrected chi connectivity index (χ3v) is 10.7. The van der Waals surface area contributed by atoms with Crippen LogP contribution in [0.1, 0.15) is 13.8 Å². The van der Waals surface area contributed by atoms with Crippen LogP contribution < -0.4 is 10.6 Å². The molecule has 4 rings (SSSR count). The van der Waals surface area contributed by atoms with Crippen molar-refractivity contribution >= 4 is 41.8 Å². The van der Waals surface area contributed by atoms with Gasteiger partial charge in [-0.25, -0.2) is 0 Å². The molecule has 0 bridgehead atoms. The summed E-state index contributed by atoms with van der Waals surface area (Å²) in [6.07, 6.45) is -34.8. The molecule has 2 radical (unpaired) electrons. The molecule has 4 heterocycles. The second-order valence-electron chi connectivity index (χ2n) is 14.7. The van der Waals surface area contributed by atoms with Gasteiger partial charge in [-0.15, -0.1) is 0 Å². The first-order chi connectivity index (χ1) is 27.6. The molecule has 25 nitrogen and oxygen atoms in total. The van der Waals surface area contributed by atoms with Crippen molar-refractivity contribution in [3.05, 3.63) is 0 Å². The molecule has 27 heteroatoms. The van der Waals surface area contributed by atoms with Crippen molar-refractivity contribution in [1.29, 1.82) is 0 Å². The summed E-state index contributed by atoms with van der Waals surface area (Å²) in [5.41, 5.74) is 0. The molecular formula is C32H54N2O23Si2. The number of aliphatic hydroxyl groups is 10. The Morgan fingerprint density at radius 2 is 0.932 bits per heavy atom. The maximum absolute atomic E-state index is 13.6. The summed E-state index contributed by atoms with van der Waals surface area (Å²) in [6, 6.07) is -3.27. The van der Waals surface area contributed by atoms with Gasteiger partial charge in [0.2, 0.25) is 11.8 Å². The highest BCUT2D eigenvalue weighted by molar-refractivity contribution is 6.51. The topological polar surface area (TPSA) is 378 Å². The fourth-order valence-corrected chi connectivity index (χ4v) is 7.84. The van der Waals surface area contributed by atoms with E-state index in [1.165, 1.54) is 0 Å². The van der Waals surface area contributed by atoms with Gasteiger partial charge in [-0.05, 0) is 26.2 Å². The molecule has 4 aliphatic heterocycles. The summed E-state index contributed by atoms with van der Waals surface area (Å²) in [7, 11) is -3.58. The second kappa shape index (κ2) is 21.1. The summed E-state index contributed by atoms with van der Waals surface area (Å²) in [5.74, 6) is -3.83. The summed E-state index contributed by atoms with van der Waals surface area (Å²) in [4.78, 5) is 50.9. The van der Waals surface area contributed by atoms with Crippen LogP contribution >= 0.6 is 0 Å². The Balaban J connectivity index is 1.68. The quantitative estimate of drug-likeness (QED) is 0.0721. The first-order valence-electron chi connectivity index (χ1n) is 18.4. The van der Waals surface area contributed by atoms with Gasteiger partial charge in [-0.1, -0.05) is 0 Å². The predicted octanol–water partition coefficient (Wildman–Crippen LogP) is -7.86. The highest BCUT2D eigenvalue weighted by Gasteiger charge is 2.58. The van der Waals surface area contributed by atoms with Crippen molar-refractivity contribution in [3.63, 3.8) is 0 Å². The van der Waals surface area contributed by atoms with E-state index in [-0.39, 0.29) is 0 Å². The van der Waals surface area contributed by atoms with E-state index >= 15 is 0 Å². The minimum atomic E-state index is -2.21. The Morgan fingerprint density at radius 1 is 0.508 bits per heavy atom. The first kappa shape index (κ1) is 49.3. The van der Waals surface area contributed by atoms with E-state index < -0.39 is 178 Å². The van der Waals surface area contributed by atoms with Gasteiger partial charge in [0.05, 0.1) is 13.2 Å². The number of rotatable bonds is 14. The summed E-state index contributed by atoms with van der Waals surface area (Å²) >= 11 is 0. The van der Waals surface area contributed by atoms with Gasteiger partial charge in [0.1, 0.15) is 85.3 Å². The molecule has 4 fully saturated rings. The predicted molar refractivity (Wildman–Crippen MR) is 190 cm³/mol. The standard InChI is InChI=1S/C32H54N2O23Si2/c1-9(37)33-13-22(15(39)11(7-35)49-27(13)46)51-32-21(45)19(43)24(26(55-32)29(48)57-59(5)6)53-30-14(34-10(2)38)23(16(40)12(8-36)50-30)52-31-20(44)17(41)18(42)25(54-31)28(47)56-58(3)4/h11-27,30-32,35-36,39-46H,7-8H2,1-6H3,(H,33,37)(H,34,38)/t11-,12-,13-,14-,15-,16-,17+,18+,19-,20-,21-,22-,23-,24+,25+,26+,27-,30+,31-,32-/m1/s1. The third kappa shape index (κ3) is 11.6. The van der Waals surface area contributed by atoms with Gasteiger partial charge in [0, 0.05) is 13.8 Å². The maximum Gasteiger partial charge on any atom is 0.324 e. The molecule has 0 aromatic rings. The van der Waals surface area contributed by atoms with E-state index in [4.69, 9.17) is 42.0 Å². The van der Waals surface area contributed by atoms with E-state index in [1.807, 2.05) is 0 Å². The van der Waals surface area contributed by atoms with Crippen LogP contribution in [0.5, 0.6) is 0 Å². The van der Waals surface area contributed by atoms with Gasteiger partial charge >= 0.3 is 11.9 Å². The average Bonchev–Trinajstić information content (AvgIpc) is 3.14. The zero-order valence-corrected chi connectivity index (χ0v) is 34.7. The molecule has 12 N–H and O–H groups in total. The molecule has 338 valence electrons. The Bertz CT molecular complexity index is 1440. The van der Waals surface area contributed by atoms with E-state index in [0.717, 1.165) is 13.8 Å². The summed E-state index contributed by atoms with van der Waals surface area (Å²) in [5, 5.41) is 112. The summed E-state index contributed by atoms with van der Waals surface area (Å²) < 4.78 is 50.4. The minimum absolute atomic E-state index is 0.718.